The van der Waals surface area contributed by atoms with Crippen LogP contribution in [0.2, 0.25) is 0 Å². The summed E-state index contributed by atoms with van der Waals surface area (Å²) in [6.07, 6.45) is 6.29. The van der Waals surface area contributed by atoms with Crippen molar-refractivity contribution in [3.63, 3.8) is 0 Å². The quantitative estimate of drug-likeness (QED) is 0.860. The van der Waals surface area contributed by atoms with Crippen LogP contribution in [-0.2, 0) is 15.1 Å². The van der Waals surface area contributed by atoms with Crippen molar-refractivity contribution in [2.24, 2.45) is 0 Å². The zero-order valence-electron chi connectivity index (χ0n) is 16.0. The average Bonchev–Trinajstić information content (AvgIpc) is 3.26. The molecule has 0 bridgehead atoms. The number of aromatic nitrogens is 3. The minimum atomic E-state index is -0.651. The molecule has 2 fully saturated rings. The van der Waals surface area contributed by atoms with Crippen molar-refractivity contribution >= 4 is 11.7 Å². The Morgan fingerprint density at radius 2 is 2.11 bits per heavy atom. The van der Waals surface area contributed by atoms with Gasteiger partial charge in [0.05, 0.1) is 11.9 Å². The lowest BCUT2D eigenvalue weighted by Crippen LogP contribution is -2.47. The number of nitrogens with zero attached hydrogens (tertiary/aromatic N) is 4. The van der Waals surface area contributed by atoms with Gasteiger partial charge in [-0.05, 0) is 25.0 Å². The maximum absolute atomic E-state index is 12.5. The predicted molar refractivity (Wildman–Crippen MR) is 99.8 cm³/mol. The lowest BCUT2D eigenvalue weighted by atomic mass is 9.91. The molecule has 150 valence electrons. The number of carbonyl (C=O) groups is 1. The van der Waals surface area contributed by atoms with E-state index >= 15 is 0 Å². The first-order chi connectivity index (χ1) is 13.7. The van der Waals surface area contributed by atoms with Crippen LogP contribution in [0.3, 0.4) is 0 Å². The standard InChI is InChI=1S/C19H25N5O4/c1-26-19(17-22-16(23-28-17)14-4-11-27-12-5-14)6-9-24(10-7-19)18(25)21-15-3-2-8-20-13-15/h2-3,8,13-14H,4-7,9-12H2,1H3,(H,21,25). The minimum absolute atomic E-state index is 0.147. The Hall–Kier alpha value is -2.52. The van der Waals surface area contributed by atoms with Crippen LogP contribution in [0.15, 0.2) is 29.0 Å². The van der Waals surface area contributed by atoms with Gasteiger partial charge in [-0.15, -0.1) is 0 Å². The van der Waals surface area contributed by atoms with Gasteiger partial charge in [-0.1, -0.05) is 5.16 Å². The summed E-state index contributed by atoms with van der Waals surface area (Å²) in [5, 5.41) is 7.06. The zero-order chi connectivity index (χ0) is 19.4. The van der Waals surface area contributed by atoms with E-state index in [-0.39, 0.29) is 11.9 Å². The van der Waals surface area contributed by atoms with Crippen molar-refractivity contribution in [2.45, 2.75) is 37.2 Å². The minimum Gasteiger partial charge on any atom is -0.381 e. The lowest BCUT2D eigenvalue weighted by molar-refractivity contribution is -0.0760. The Balaban J connectivity index is 1.40. The van der Waals surface area contributed by atoms with Crippen LogP contribution in [0.25, 0.3) is 0 Å². The van der Waals surface area contributed by atoms with Gasteiger partial charge in [0.2, 0.25) is 0 Å². The average molecular weight is 387 g/mol. The smallest absolute Gasteiger partial charge is 0.321 e. The van der Waals surface area contributed by atoms with Crippen LogP contribution in [-0.4, -0.2) is 59.5 Å². The fraction of sp³-hybridized carbons (Fsp3) is 0.579. The molecule has 9 nitrogen and oxygen atoms in total. The van der Waals surface area contributed by atoms with E-state index in [4.69, 9.17) is 14.0 Å². The molecule has 9 heteroatoms. The van der Waals surface area contributed by atoms with E-state index in [9.17, 15) is 4.79 Å². The van der Waals surface area contributed by atoms with Gasteiger partial charge in [0.25, 0.3) is 5.89 Å². The number of likely N-dealkylation sites (tertiary alicyclic amines) is 1. The predicted octanol–water partition coefficient (Wildman–Crippen LogP) is 2.53. The number of ether oxygens (including phenoxy) is 2. The molecule has 4 heterocycles. The topological polar surface area (TPSA) is 103 Å². The fourth-order valence-corrected chi connectivity index (χ4v) is 3.76. The molecule has 1 N–H and O–H groups in total. The highest BCUT2D eigenvalue weighted by atomic mass is 16.5. The van der Waals surface area contributed by atoms with Gasteiger partial charge >= 0.3 is 6.03 Å². The first-order valence-corrected chi connectivity index (χ1v) is 9.63. The van der Waals surface area contributed by atoms with Gasteiger partial charge in [-0.3, -0.25) is 4.98 Å². The Labute approximate surface area is 163 Å². The van der Waals surface area contributed by atoms with Crippen molar-refractivity contribution in [1.82, 2.24) is 20.0 Å². The van der Waals surface area contributed by atoms with Crippen molar-refractivity contribution in [3.05, 3.63) is 36.2 Å². The van der Waals surface area contributed by atoms with Crippen LogP contribution >= 0.6 is 0 Å². The van der Waals surface area contributed by atoms with Crippen molar-refractivity contribution in [2.75, 3.05) is 38.7 Å². The molecule has 0 aromatic carbocycles. The zero-order valence-corrected chi connectivity index (χ0v) is 16.0. The Kier molecular flexibility index (Phi) is 5.54. The third kappa shape index (κ3) is 3.85. The van der Waals surface area contributed by atoms with E-state index < -0.39 is 5.60 Å². The molecule has 0 atom stereocenters. The van der Waals surface area contributed by atoms with Crippen LogP contribution in [0.4, 0.5) is 10.5 Å². The van der Waals surface area contributed by atoms with E-state index in [1.807, 2.05) is 6.07 Å². The van der Waals surface area contributed by atoms with E-state index in [2.05, 4.69) is 20.4 Å². The van der Waals surface area contributed by atoms with Gasteiger partial charge in [-0.2, -0.15) is 4.98 Å². The number of urea groups is 1. The van der Waals surface area contributed by atoms with Gasteiger partial charge in [0.15, 0.2) is 5.82 Å². The maximum Gasteiger partial charge on any atom is 0.321 e. The van der Waals surface area contributed by atoms with Crippen molar-refractivity contribution < 1.29 is 18.8 Å². The van der Waals surface area contributed by atoms with Gasteiger partial charge in [-0.25, -0.2) is 4.79 Å². The number of piperidine rings is 1. The molecular weight excluding hydrogens is 362 g/mol. The summed E-state index contributed by atoms with van der Waals surface area (Å²) < 4.78 is 16.8. The van der Waals surface area contributed by atoms with E-state index in [0.717, 1.165) is 31.9 Å². The van der Waals surface area contributed by atoms with E-state index in [1.165, 1.54) is 0 Å². The first kappa shape index (κ1) is 18.8. The molecule has 2 saturated heterocycles. The molecule has 28 heavy (non-hydrogen) atoms. The largest absolute Gasteiger partial charge is 0.381 e. The molecule has 2 aromatic heterocycles. The number of anilines is 1. The monoisotopic (exact) mass is 387 g/mol. The van der Waals surface area contributed by atoms with Gasteiger partial charge in [0.1, 0.15) is 5.60 Å². The molecule has 0 spiro atoms. The molecule has 2 aliphatic rings. The second-order valence-electron chi connectivity index (χ2n) is 7.20. The molecule has 0 radical (unpaired) electrons. The Morgan fingerprint density at radius 3 is 2.79 bits per heavy atom. The second kappa shape index (κ2) is 8.24. The highest BCUT2D eigenvalue weighted by Crippen LogP contribution is 2.36. The number of carbonyl (C=O) groups excluding carboxylic acids is 1. The number of rotatable bonds is 4. The molecular formula is C19H25N5O4. The van der Waals surface area contributed by atoms with Crippen LogP contribution in [0.5, 0.6) is 0 Å². The number of nitrogens with one attached hydrogen (secondary N) is 1. The Bertz CT molecular complexity index is 783. The van der Waals surface area contributed by atoms with Crippen molar-refractivity contribution in [3.8, 4) is 0 Å². The number of hydrogen-bond acceptors (Lipinski definition) is 7. The highest BCUT2D eigenvalue weighted by Gasteiger charge is 2.43. The molecule has 0 saturated carbocycles. The summed E-state index contributed by atoms with van der Waals surface area (Å²) in [6, 6.07) is 3.45. The number of methoxy groups -OCH3 is 1. The van der Waals surface area contributed by atoms with E-state index in [1.54, 1.807) is 30.5 Å². The summed E-state index contributed by atoms with van der Waals surface area (Å²) in [6.45, 7) is 2.53. The summed E-state index contributed by atoms with van der Waals surface area (Å²) in [7, 11) is 1.66. The van der Waals surface area contributed by atoms with Crippen LogP contribution in [0.1, 0.15) is 43.3 Å². The summed E-state index contributed by atoms with van der Waals surface area (Å²) in [4.78, 5) is 22.9. The molecule has 2 aromatic rings. The normalized spacial score (nSPS) is 20.1. The van der Waals surface area contributed by atoms with Crippen molar-refractivity contribution in [1.29, 1.82) is 0 Å². The summed E-state index contributed by atoms with van der Waals surface area (Å²) >= 11 is 0. The molecule has 0 unspecified atom stereocenters. The fourth-order valence-electron chi connectivity index (χ4n) is 3.76. The summed E-state index contributed by atoms with van der Waals surface area (Å²) in [5.74, 6) is 1.50. The molecule has 0 aliphatic carbocycles. The third-order valence-electron chi connectivity index (χ3n) is 5.58. The maximum atomic E-state index is 12.5. The number of pyridine rings is 1. The number of hydrogen-bond donors (Lipinski definition) is 1. The molecule has 4 rings (SSSR count). The van der Waals surface area contributed by atoms with Crippen LogP contribution in [0, 0.1) is 0 Å². The molecule has 2 amide bonds. The first-order valence-electron chi connectivity index (χ1n) is 9.63. The van der Waals surface area contributed by atoms with Crippen LogP contribution < -0.4 is 5.32 Å². The van der Waals surface area contributed by atoms with E-state index in [0.29, 0.717) is 37.5 Å². The highest BCUT2D eigenvalue weighted by molar-refractivity contribution is 5.89. The lowest BCUT2D eigenvalue weighted by Gasteiger charge is -2.38. The van der Waals surface area contributed by atoms with Gasteiger partial charge in [0, 0.05) is 58.4 Å². The Morgan fingerprint density at radius 1 is 1.32 bits per heavy atom. The van der Waals surface area contributed by atoms with Gasteiger partial charge < -0.3 is 24.2 Å². The summed E-state index contributed by atoms with van der Waals surface area (Å²) in [5.41, 5.74) is 0.0238. The second-order valence-corrected chi connectivity index (χ2v) is 7.20. The SMILES string of the molecule is COC1(c2nc(C3CCOCC3)no2)CCN(C(=O)Nc2cccnc2)CC1. The molecule has 2 aliphatic heterocycles. The number of amides is 2. The third-order valence-corrected chi connectivity index (χ3v) is 5.58.